The predicted octanol–water partition coefficient (Wildman–Crippen LogP) is 5.57. The van der Waals surface area contributed by atoms with Gasteiger partial charge in [0.1, 0.15) is 0 Å². The molecule has 132 valence electrons. The SMILES string of the molecule is CC.Cc1nnc(Oc2c(Cl)cc(CCO)cc2Cl)cc1C(C)C. The normalized spacial score (nSPS) is 10.4. The second-order valence-corrected chi connectivity index (χ2v) is 6.16. The number of hydrogen-bond acceptors (Lipinski definition) is 4. The van der Waals surface area contributed by atoms with Crippen LogP contribution in [0.5, 0.6) is 11.6 Å². The Hall–Kier alpha value is -1.36. The molecule has 0 fully saturated rings. The summed E-state index contributed by atoms with van der Waals surface area (Å²) in [4.78, 5) is 0. The molecule has 0 amide bonds. The van der Waals surface area contributed by atoms with Gasteiger partial charge in [0.15, 0.2) is 5.75 Å². The van der Waals surface area contributed by atoms with Crippen molar-refractivity contribution in [2.24, 2.45) is 0 Å². The highest BCUT2D eigenvalue weighted by molar-refractivity contribution is 6.37. The zero-order chi connectivity index (χ0) is 18.3. The zero-order valence-corrected chi connectivity index (χ0v) is 16.2. The van der Waals surface area contributed by atoms with E-state index in [4.69, 9.17) is 33.0 Å². The zero-order valence-electron chi connectivity index (χ0n) is 14.7. The molecule has 0 saturated carbocycles. The molecular formula is C18H24Cl2N2O2. The van der Waals surface area contributed by atoms with E-state index >= 15 is 0 Å². The minimum atomic E-state index is 0.0358. The largest absolute Gasteiger partial charge is 0.434 e. The third kappa shape index (κ3) is 5.33. The predicted molar refractivity (Wildman–Crippen MR) is 99.5 cm³/mol. The Labute approximate surface area is 153 Å². The van der Waals surface area contributed by atoms with Crippen LogP contribution in [0.4, 0.5) is 0 Å². The maximum absolute atomic E-state index is 8.98. The van der Waals surface area contributed by atoms with Gasteiger partial charge < -0.3 is 9.84 Å². The van der Waals surface area contributed by atoms with Crippen LogP contribution in [0.1, 0.15) is 50.4 Å². The van der Waals surface area contributed by atoms with Crippen LogP contribution in [0.3, 0.4) is 0 Å². The average Bonchev–Trinajstić information content (AvgIpc) is 2.54. The summed E-state index contributed by atoms with van der Waals surface area (Å²) < 4.78 is 5.72. The summed E-state index contributed by atoms with van der Waals surface area (Å²) in [6.45, 7) is 10.1. The lowest BCUT2D eigenvalue weighted by atomic mass is 10.0. The fraction of sp³-hybridized carbons (Fsp3) is 0.444. The second kappa shape index (κ2) is 9.82. The summed E-state index contributed by atoms with van der Waals surface area (Å²) in [6.07, 6.45) is 0.488. The van der Waals surface area contributed by atoms with Crippen LogP contribution in [-0.2, 0) is 6.42 Å². The van der Waals surface area contributed by atoms with E-state index in [9.17, 15) is 0 Å². The Bertz CT molecular complexity index is 653. The van der Waals surface area contributed by atoms with Crippen LogP contribution >= 0.6 is 23.2 Å². The van der Waals surface area contributed by atoms with Gasteiger partial charge in [0.25, 0.3) is 0 Å². The molecule has 2 aromatic rings. The number of ether oxygens (including phenoxy) is 1. The Morgan fingerprint density at radius 1 is 1.08 bits per heavy atom. The van der Waals surface area contributed by atoms with Crippen LogP contribution in [0.25, 0.3) is 0 Å². The molecule has 2 rings (SSSR count). The van der Waals surface area contributed by atoms with Crippen LogP contribution in [0, 0.1) is 6.92 Å². The molecule has 4 nitrogen and oxygen atoms in total. The molecule has 0 atom stereocenters. The van der Waals surface area contributed by atoms with Gasteiger partial charge in [-0.15, -0.1) is 5.10 Å². The van der Waals surface area contributed by atoms with Crippen molar-refractivity contribution in [3.63, 3.8) is 0 Å². The molecule has 0 unspecified atom stereocenters. The van der Waals surface area contributed by atoms with E-state index in [1.807, 2.05) is 26.8 Å². The lowest BCUT2D eigenvalue weighted by molar-refractivity contribution is 0.299. The Balaban J connectivity index is 0.00000139. The fourth-order valence-corrected chi connectivity index (χ4v) is 2.78. The quantitative estimate of drug-likeness (QED) is 0.747. The molecule has 6 heteroatoms. The van der Waals surface area contributed by atoms with Gasteiger partial charge in [0, 0.05) is 12.7 Å². The average molecular weight is 371 g/mol. The van der Waals surface area contributed by atoms with E-state index in [0.717, 1.165) is 16.8 Å². The van der Waals surface area contributed by atoms with Crippen molar-refractivity contribution >= 4 is 23.2 Å². The van der Waals surface area contributed by atoms with Gasteiger partial charge in [0.2, 0.25) is 5.88 Å². The minimum absolute atomic E-state index is 0.0358. The lowest BCUT2D eigenvalue weighted by Gasteiger charge is -2.13. The van der Waals surface area contributed by atoms with Crippen LogP contribution < -0.4 is 4.74 Å². The van der Waals surface area contributed by atoms with E-state index in [1.165, 1.54) is 0 Å². The van der Waals surface area contributed by atoms with E-state index < -0.39 is 0 Å². The summed E-state index contributed by atoms with van der Waals surface area (Å²) in [5.41, 5.74) is 2.79. The first kappa shape index (κ1) is 20.7. The maximum Gasteiger partial charge on any atom is 0.239 e. The number of aliphatic hydroxyl groups is 1. The first-order valence-corrected chi connectivity index (χ1v) is 8.78. The summed E-state index contributed by atoms with van der Waals surface area (Å²) in [5, 5.41) is 17.9. The number of nitrogens with zero attached hydrogens (tertiary/aromatic N) is 2. The van der Waals surface area contributed by atoms with Crippen LogP contribution in [-0.4, -0.2) is 21.9 Å². The summed E-state index contributed by atoms with van der Waals surface area (Å²) in [6, 6.07) is 5.30. The molecule has 0 aliphatic rings. The first-order chi connectivity index (χ1) is 11.4. The highest BCUT2D eigenvalue weighted by atomic mass is 35.5. The van der Waals surface area contributed by atoms with Crippen molar-refractivity contribution in [1.29, 1.82) is 0 Å². The van der Waals surface area contributed by atoms with E-state index in [2.05, 4.69) is 24.0 Å². The molecule has 0 saturated heterocycles. The number of rotatable bonds is 5. The number of benzene rings is 1. The van der Waals surface area contributed by atoms with E-state index in [0.29, 0.717) is 34.0 Å². The first-order valence-electron chi connectivity index (χ1n) is 8.03. The summed E-state index contributed by atoms with van der Waals surface area (Å²) in [7, 11) is 0. The molecule has 0 aliphatic heterocycles. The van der Waals surface area contributed by atoms with Crippen molar-refractivity contribution in [2.75, 3.05) is 6.61 Å². The van der Waals surface area contributed by atoms with Gasteiger partial charge in [-0.25, -0.2) is 0 Å². The third-order valence-corrected chi connectivity index (χ3v) is 3.84. The molecule has 1 heterocycles. The van der Waals surface area contributed by atoms with Gasteiger partial charge in [-0.3, -0.25) is 0 Å². The topological polar surface area (TPSA) is 55.2 Å². The smallest absolute Gasteiger partial charge is 0.239 e. The molecule has 24 heavy (non-hydrogen) atoms. The highest BCUT2D eigenvalue weighted by Crippen LogP contribution is 2.37. The molecule has 1 aromatic heterocycles. The fourth-order valence-electron chi connectivity index (χ4n) is 2.17. The molecule has 0 aliphatic carbocycles. The number of halogens is 2. The standard InChI is InChI=1S/C16H18Cl2N2O2.C2H6/c1-9(2)12-8-15(20-19-10(12)3)22-16-13(17)6-11(4-5-21)7-14(16)18;1-2/h6-9,21H,4-5H2,1-3H3;1-2H3. The van der Waals surface area contributed by atoms with Crippen molar-refractivity contribution in [2.45, 2.75) is 47.0 Å². The van der Waals surface area contributed by atoms with Gasteiger partial charge in [-0.05, 0) is 42.5 Å². The number of aromatic nitrogens is 2. The van der Waals surface area contributed by atoms with E-state index in [1.54, 1.807) is 12.1 Å². The van der Waals surface area contributed by atoms with Crippen molar-refractivity contribution in [3.05, 3.63) is 45.1 Å². The number of hydrogen-bond donors (Lipinski definition) is 1. The molecule has 0 bridgehead atoms. The third-order valence-electron chi connectivity index (χ3n) is 3.28. The van der Waals surface area contributed by atoms with Crippen LogP contribution in [0.15, 0.2) is 18.2 Å². The molecule has 0 spiro atoms. The van der Waals surface area contributed by atoms with Gasteiger partial charge in [-0.1, -0.05) is 50.9 Å². The van der Waals surface area contributed by atoms with Crippen molar-refractivity contribution in [3.8, 4) is 11.6 Å². The monoisotopic (exact) mass is 370 g/mol. The Kier molecular flexibility index (Phi) is 8.46. The molecule has 1 N–H and O–H groups in total. The highest BCUT2D eigenvalue weighted by Gasteiger charge is 2.14. The summed E-state index contributed by atoms with van der Waals surface area (Å²) >= 11 is 12.4. The Morgan fingerprint density at radius 2 is 1.67 bits per heavy atom. The maximum atomic E-state index is 8.98. The van der Waals surface area contributed by atoms with Crippen molar-refractivity contribution < 1.29 is 9.84 Å². The second-order valence-electron chi connectivity index (χ2n) is 5.34. The molecular weight excluding hydrogens is 347 g/mol. The van der Waals surface area contributed by atoms with Gasteiger partial charge in [0.05, 0.1) is 15.7 Å². The minimum Gasteiger partial charge on any atom is -0.434 e. The number of aryl methyl sites for hydroxylation is 1. The van der Waals surface area contributed by atoms with Gasteiger partial charge in [-0.2, -0.15) is 5.10 Å². The van der Waals surface area contributed by atoms with Crippen LogP contribution in [0.2, 0.25) is 10.0 Å². The molecule has 1 aromatic carbocycles. The van der Waals surface area contributed by atoms with Crippen molar-refractivity contribution in [1.82, 2.24) is 10.2 Å². The number of aliphatic hydroxyl groups excluding tert-OH is 1. The molecule has 0 radical (unpaired) electrons. The Morgan fingerprint density at radius 3 is 2.17 bits per heavy atom. The lowest BCUT2D eigenvalue weighted by Crippen LogP contribution is -2.00. The van der Waals surface area contributed by atoms with E-state index in [-0.39, 0.29) is 6.61 Å². The van der Waals surface area contributed by atoms with Gasteiger partial charge >= 0.3 is 0 Å². The summed E-state index contributed by atoms with van der Waals surface area (Å²) in [5.74, 6) is 1.02.